The Morgan fingerprint density at radius 1 is 0.977 bits per heavy atom. The summed E-state index contributed by atoms with van der Waals surface area (Å²) in [6.07, 6.45) is 8.35. The van der Waals surface area contributed by atoms with E-state index in [1.807, 2.05) is 40.1 Å². The van der Waals surface area contributed by atoms with E-state index in [0.29, 0.717) is 81.0 Å². The molecule has 1 aromatic rings. The van der Waals surface area contributed by atoms with Crippen LogP contribution < -0.4 is 0 Å². The monoisotopic (exact) mass is 592 g/mol. The highest BCUT2D eigenvalue weighted by atomic mass is 16.6. The number of ether oxygens (including phenoxy) is 1. The van der Waals surface area contributed by atoms with Gasteiger partial charge in [0, 0.05) is 45.4 Å². The molecule has 0 unspecified atom stereocenters. The Hall–Kier alpha value is -2.41. The maximum Gasteiger partial charge on any atom is 0.410 e. The molecule has 1 N–H and O–H groups in total. The van der Waals surface area contributed by atoms with Crippen LogP contribution >= 0.6 is 0 Å². The fourth-order valence-electron chi connectivity index (χ4n) is 10.6. The van der Waals surface area contributed by atoms with Gasteiger partial charge in [-0.2, -0.15) is 0 Å². The van der Waals surface area contributed by atoms with Crippen LogP contribution in [0, 0.1) is 46.3 Å². The minimum absolute atomic E-state index is 0.132. The number of ketones is 1. The van der Waals surface area contributed by atoms with Crippen molar-refractivity contribution in [2.24, 2.45) is 46.3 Å². The number of fused-ring (bicyclic) bond motifs is 5. The number of benzene rings is 1. The number of aliphatic hydroxyl groups is 1. The SMILES string of the molecule is C[C@H](CCC(=O)N1CCC(=O)CC1)[C@H]1CC[C@H]2[C@@H]3[C@@H](O)C[C@@H]4CN(C(=O)OCc5ccccc5)CC[C@]4(C)[C@H]3CC[C@]12C. The van der Waals surface area contributed by atoms with Crippen LogP contribution in [0.3, 0.4) is 0 Å². The third-order valence-corrected chi connectivity index (χ3v) is 13.2. The van der Waals surface area contributed by atoms with Crippen LogP contribution in [0.2, 0.25) is 0 Å². The molecule has 6 rings (SSSR count). The molecule has 0 aromatic heterocycles. The molecule has 0 spiro atoms. The molecule has 3 saturated carbocycles. The molecule has 5 aliphatic rings. The Morgan fingerprint density at radius 3 is 2.44 bits per heavy atom. The zero-order valence-corrected chi connectivity index (χ0v) is 26.5. The predicted octanol–water partition coefficient (Wildman–Crippen LogP) is 6.08. The first-order valence-electron chi connectivity index (χ1n) is 17.0. The van der Waals surface area contributed by atoms with Crippen molar-refractivity contribution >= 4 is 17.8 Å². The molecule has 7 nitrogen and oxygen atoms in total. The molecule has 2 aliphatic heterocycles. The molecule has 5 fully saturated rings. The fraction of sp³-hybridized carbons (Fsp3) is 0.750. The summed E-state index contributed by atoms with van der Waals surface area (Å²) in [6.45, 7) is 10.1. The number of rotatable bonds is 6. The first kappa shape index (κ1) is 30.6. The van der Waals surface area contributed by atoms with Crippen molar-refractivity contribution in [1.29, 1.82) is 0 Å². The molecule has 0 bridgehead atoms. The molecule has 2 saturated heterocycles. The maximum atomic E-state index is 13.0. The number of piperidine rings is 2. The minimum atomic E-state index is -0.328. The van der Waals surface area contributed by atoms with Gasteiger partial charge in [0.25, 0.3) is 0 Å². The lowest BCUT2D eigenvalue weighted by Crippen LogP contribution is -2.61. The number of carbonyl (C=O) groups excluding carboxylic acids is 3. The number of likely N-dealkylation sites (tertiary alicyclic amines) is 2. The molecule has 2 heterocycles. The standard InChI is InChI=1S/C36H52N2O5/c1-24(9-12-32(41)37-18-14-27(39)15-19-37)28-10-11-29-33-30(13-16-36(28,29)3)35(2)17-20-38(22-26(35)21-31(33)40)34(42)43-23-25-7-5-4-6-8-25/h4-8,24,26,28-31,33,40H,9-23H2,1-3H3/t24-,26-,28-,29+,30+,31+,33+,35+,36-/m1/s1. The Balaban J connectivity index is 1.07. The summed E-state index contributed by atoms with van der Waals surface area (Å²) in [5.74, 6) is 3.14. The highest BCUT2D eigenvalue weighted by molar-refractivity contribution is 5.83. The summed E-state index contributed by atoms with van der Waals surface area (Å²) in [5, 5.41) is 11.8. The van der Waals surface area contributed by atoms with Crippen molar-refractivity contribution in [2.75, 3.05) is 26.2 Å². The second-order valence-corrected chi connectivity index (χ2v) is 15.2. The Bertz CT molecular complexity index is 1180. The van der Waals surface area contributed by atoms with E-state index >= 15 is 0 Å². The van der Waals surface area contributed by atoms with Crippen LogP contribution in [0.25, 0.3) is 0 Å². The van der Waals surface area contributed by atoms with Gasteiger partial charge in [-0.1, -0.05) is 51.1 Å². The molecule has 9 atom stereocenters. The lowest BCUT2D eigenvalue weighted by Gasteiger charge is -2.62. The van der Waals surface area contributed by atoms with E-state index in [1.165, 1.54) is 19.3 Å². The number of amides is 2. The zero-order valence-electron chi connectivity index (χ0n) is 26.5. The van der Waals surface area contributed by atoms with E-state index in [9.17, 15) is 19.5 Å². The average Bonchev–Trinajstić information content (AvgIpc) is 3.36. The Kier molecular flexibility index (Phi) is 8.67. The molecule has 236 valence electrons. The van der Waals surface area contributed by atoms with Gasteiger partial charge in [0.2, 0.25) is 5.91 Å². The zero-order chi connectivity index (χ0) is 30.4. The van der Waals surface area contributed by atoms with Gasteiger partial charge in [0.1, 0.15) is 12.4 Å². The van der Waals surface area contributed by atoms with Gasteiger partial charge in [0.15, 0.2) is 0 Å². The third-order valence-electron chi connectivity index (χ3n) is 13.2. The van der Waals surface area contributed by atoms with Crippen LogP contribution in [-0.4, -0.2) is 65.0 Å². The van der Waals surface area contributed by atoms with Crippen LogP contribution in [0.4, 0.5) is 4.79 Å². The van der Waals surface area contributed by atoms with Crippen molar-refractivity contribution in [1.82, 2.24) is 9.80 Å². The van der Waals surface area contributed by atoms with Crippen LogP contribution in [0.5, 0.6) is 0 Å². The van der Waals surface area contributed by atoms with Crippen LogP contribution in [0.15, 0.2) is 30.3 Å². The normalized spacial score (nSPS) is 38.1. The summed E-state index contributed by atoms with van der Waals surface area (Å²) in [4.78, 5) is 41.3. The first-order chi connectivity index (χ1) is 20.6. The van der Waals surface area contributed by atoms with E-state index in [-0.39, 0.29) is 34.7 Å². The topological polar surface area (TPSA) is 87.2 Å². The highest BCUT2D eigenvalue weighted by Gasteiger charge is 2.63. The predicted molar refractivity (Wildman–Crippen MR) is 165 cm³/mol. The number of hydrogen-bond acceptors (Lipinski definition) is 5. The molecule has 7 heteroatoms. The van der Waals surface area contributed by atoms with Crippen molar-refractivity contribution in [3.8, 4) is 0 Å². The van der Waals surface area contributed by atoms with Gasteiger partial charge in [-0.05, 0) is 96.8 Å². The Morgan fingerprint density at radius 2 is 1.70 bits per heavy atom. The van der Waals surface area contributed by atoms with Crippen molar-refractivity contribution in [3.05, 3.63) is 35.9 Å². The highest BCUT2D eigenvalue weighted by Crippen LogP contribution is 2.67. The van der Waals surface area contributed by atoms with E-state index in [2.05, 4.69) is 20.8 Å². The second-order valence-electron chi connectivity index (χ2n) is 15.2. The molecular formula is C36H52N2O5. The summed E-state index contributed by atoms with van der Waals surface area (Å²) in [7, 11) is 0. The third kappa shape index (κ3) is 5.76. The quantitative estimate of drug-likeness (QED) is 0.433. The average molecular weight is 593 g/mol. The Labute approximate surface area is 257 Å². The lowest BCUT2D eigenvalue weighted by atomic mass is 9.44. The van der Waals surface area contributed by atoms with E-state index in [4.69, 9.17) is 4.74 Å². The molecule has 2 amide bonds. The molecule has 3 aliphatic carbocycles. The summed E-state index contributed by atoms with van der Waals surface area (Å²) in [6, 6.07) is 9.83. The summed E-state index contributed by atoms with van der Waals surface area (Å²) < 4.78 is 5.68. The number of hydrogen-bond donors (Lipinski definition) is 1. The van der Waals surface area contributed by atoms with Crippen LogP contribution in [-0.2, 0) is 20.9 Å². The lowest BCUT2D eigenvalue weighted by molar-refractivity contribution is -0.170. The number of carbonyl (C=O) groups is 3. The van der Waals surface area contributed by atoms with Crippen molar-refractivity contribution < 1.29 is 24.2 Å². The summed E-state index contributed by atoms with van der Waals surface area (Å²) in [5.41, 5.74) is 1.33. The van der Waals surface area contributed by atoms with Gasteiger partial charge in [-0.25, -0.2) is 4.79 Å². The van der Waals surface area contributed by atoms with E-state index in [1.54, 1.807) is 0 Å². The minimum Gasteiger partial charge on any atom is -0.445 e. The van der Waals surface area contributed by atoms with Gasteiger partial charge < -0.3 is 19.6 Å². The number of aliphatic hydroxyl groups excluding tert-OH is 1. The van der Waals surface area contributed by atoms with Crippen molar-refractivity contribution in [2.45, 2.75) is 97.7 Å². The van der Waals surface area contributed by atoms with E-state index < -0.39 is 0 Å². The van der Waals surface area contributed by atoms with Gasteiger partial charge in [-0.15, -0.1) is 0 Å². The molecule has 0 radical (unpaired) electrons. The van der Waals surface area contributed by atoms with Crippen molar-refractivity contribution in [3.63, 3.8) is 0 Å². The fourth-order valence-corrected chi connectivity index (χ4v) is 10.6. The largest absolute Gasteiger partial charge is 0.445 e. The molecular weight excluding hydrogens is 540 g/mol. The number of Topliss-reactive ketones (excluding diaryl/α,β-unsaturated/α-hetero) is 1. The van der Waals surface area contributed by atoms with Crippen LogP contribution in [0.1, 0.15) is 90.5 Å². The second kappa shape index (κ2) is 12.2. The molecule has 1 aromatic carbocycles. The first-order valence-corrected chi connectivity index (χ1v) is 17.0. The maximum absolute atomic E-state index is 13.0. The van der Waals surface area contributed by atoms with E-state index in [0.717, 1.165) is 37.8 Å². The molecule has 43 heavy (non-hydrogen) atoms. The van der Waals surface area contributed by atoms with Gasteiger partial charge in [0.05, 0.1) is 6.10 Å². The van der Waals surface area contributed by atoms with Gasteiger partial charge in [-0.3, -0.25) is 9.59 Å². The number of nitrogens with zero attached hydrogens (tertiary/aromatic N) is 2. The van der Waals surface area contributed by atoms with Gasteiger partial charge >= 0.3 is 6.09 Å². The summed E-state index contributed by atoms with van der Waals surface area (Å²) >= 11 is 0. The smallest absolute Gasteiger partial charge is 0.410 e.